The lowest BCUT2D eigenvalue weighted by atomic mass is 9.91. The van der Waals surface area contributed by atoms with Crippen molar-refractivity contribution in [2.24, 2.45) is 23.7 Å². The number of nitrogens with one attached hydrogen (secondary N) is 2. The number of carbonyl (C=O) groups excluding carboxylic acids is 1. The number of hydrogen-bond donors (Lipinski definition) is 2. The summed E-state index contributed by atoms with van der Waals surface area (Å²) in [6.07, 6.45) is 2.11. The molecular weight excluding hydrogens is 272 g/mol. The van der Waals surface area contributed by atoms with Crippen molar-refractivity contribution >= 4 is 5.91 Å². The van der Waals surface area contributed by atoms with Gasteiger partial charge in [-0.1, -0.05) is 0 Å². The number of hydrogen-bond acceptors (Lipinski definition) is 4. The van der Waals surface area contributed by atoms with E-state index in [9.17, 15) is 9.59 Å². The Bertz CT molecular complexity index is 595. The summed E-state index contributed by atoms with van der Waals surface area (Å²) in [5, 5.41) is 6.15. The fourth-order valence-corrected chi connectivity index (χ4v) is 4.36. The maximum Gasteiger partial charge on any atom is 0.340 e. The first-order valence-electron chi connectivity index (χ1n) is 7.70. The van der Waals surface area contributed by atoms with Gasteiger partial charge in [-0.3, -0.25) is 9.78 Å². The molecule has 0 aromatic carbocycles. The minimum atomic E-state index is -0.319. The molecule has 0 radical (unpaired) electrons. The zero-order valence-corrected chi connectivity index (χ0v) is 11.9. The minimum Gasteiger partial charge on any atom is -0.381 e. The average Bonchev–Trinajstić information content (AvgIpc) is 3.16. The van der Waals surface area contributed by atoms with E-state index >= 15 is 0 Å². The molecule has 4 atom stereocenters. The van der Waals surface area contributed by atoms with Crippen LogP contribution in [0.5, 0.6) is 0 Å². The number of aromatic amines is 2. The average molecular weight is 292 g/mol. The third-order valence-electron chi connectivity index (χ3n) is 5.37. The smallest absolute Gasteiger partial charge is 0.340 e. The molecule has 0 spiro atoms. The lowest BCUT2D eigenvalue weighted by molar-refractivity contribution is -0.130. The van der Waals surface area contributed by atoms with E-state index in [1.807, 2.05) is 4.90 Å². The first-order chi connectivity index (χ1) is 10.2. The van der Waals surface area contributed by atoms with Gasteiger partial charge in [-0.2, -0.15) is 5.10 Å². The van der Waals surface area contributed by atoms with Crippen molar-refractivity contribution in [3.8, 4) is 0 Å². The highest BCUT2D eigenvalue weighted by molar-refractivity contribution is 5.76. The lowest BCUT2D eigenvalue weighted by Crippen LogP contribution is -2.31. The van der Waals surface area contributed by atoms with Crippen molar-refractivity contribution in [2.45, 2.75) is 19.3 Å². The normalized spacial score (nSPS) is 34.2. The number of nitrogens with zero attached hydrogens (tertiary/aromatic N) is 2. The topological polar surface area (TPSA) is 91.1 Å². The number of amides is 1. The van der Waals surface area contributed by atoms with Gasteiger partial charge >= 0.3 is 5.69 Å². The van der Waals surface area contributed by atoms with Crippen molar-refractivity contribution in [3.63, 3.8) is 0 Å². The molecule has 0 bridgehead atoms. The van der Waals surface area contributed by atoms with Crippen molar-refractivity contribution in [2.75, 3.05) is 26.3 Å². The number of aryl methyl sites for hydroxylation is 1. The summed E-state index contributed by atoms with van der Waals surface area (Å²) in [5.74, 6) is 3.41. The van der Waals surface area contributed by atoms with E-state index in [2.05, 4.69) is 15.2 Å². The van der Waals surface area contributed by atoms with Crippen LogP contribution in [0.2, 0.25) is 0 Å². The first-order valence-corrected chi connectivity index (χ1v) is 7.70. The molecule has 4 rings (SSSR count). The molecule has 3 fully saturated rings. The van der Waals surface area contributed by atoms with E-state index < -0.39 is 0 Å². The van der Waals surface area contributed by atoms with Crippen LogP contribution in [0.15, 0.2) is 4.79 Å². The van der Waals surface area contributed by atoms with Crippen LogP contribution in [0.3, 0.4) is 0 Å². The SMILES string of the molecule is O=C(CCc1n[nH]c(=O)[nH]1)N1C[C@@H]2C[C@@H]3COC[C@@H]3[C@@H]2C1. The summed E-state index contributed by atoms with van der Waals surface area (Å²) < 4.78 is 5.57. The minimum absolute atomic E-state index is 0.170. The van der Waals surface area contributed by atoms with Gasteiger partial charge in [-0.05, 0) is 30.1 Å². The maximum absolute atomic E-state index is 12.3. The molecule has 2 saturated heterocycles. The Morgan fingerprint density at radius 2 is 2.19 bits per heavy atom. The summed E-state index contributed by atoms with van der Waals surface area (Å²) in [5.41, 5.74) is -0.319. The molecule has 1 aromatic heterocycles. The molecule has 1 aliphatic carbocycles. The third-order valence-corrected chi connectivity index (χ3v) is 5.37. The van der Waals surface area contributed by atoms with Crippen LogP contribution >= 0.6 is 0 Å². The van der Waals surface area contributed by atoms with Gasteiger partial charge in [0.25, 0.3) is 0 Å². The Morgan fingerprint density at radius 3 is 3.00 bits per heavy atom. The Balaban J connectivity index is 1.33. The zero-order chi connectivity index (χ0) is 14.4. The van der Waals surface area contributed by atoms with E-state index in [0.29, 0.717) is 36.4 Å². The van der Waals surface area contributed by atoms with E-state index in [1.165, 1.54) is 6.42 Å². The largest absolute Gasteiger partial charge is 0.381 e. The van der Waals surface area contributed by atoms with Crippen LogP contribution in [0.4, 0.5) is 0 Å². The molecule has 2 aliphatic heterocycles. The van der Waals surface area contributed by atoms with Crippen LogP contribution in [-0.4, -0.2) is 52.3 Å². The van der Waals surface area contributed by atoms with Gasteiger partial charge in [-0.15, -0.1) is 0 Å². The predicted molar refractivity (Wildman–Crippen MR) is 73.5 cm³/mol. The van der Waals surface area contributed by atoms with Crippen molar-refractivity contribution in [1.82, 2.24) is 20.1 Å². The van der Waals surface area contributed by atoms with E-state index in [-0.39, 0.29) is 11.6 Å². The van der Waals surface area contributed by atoms with Gasteiger partial charge in [0.05, 0.1) is 6.61 Å². The fraction of sp³-hybridized carbons (Fsp3) is 0.786. The van der Waals surface area contributed by atoms with Gasteiger partial charge in [0, 0.05) is 32.5 Å². The number of likely N-dealkylation sites (tertiary alicyclic amines) is 1. The molecule has 1 amide bonds. The third kappa shape index (κ3) is 2.29. The first kappa shape index (κ1) is 13.1. The molecule has 21 heavy (non-hydrogen) atoms. The molecule has 0 unspecified atom stereocenters. The van der Waals surface area contributed by atoms with Gasteiger partial charge < -0.3 is 9.64 Å². The molecule has 1 aromatic rings. The molecule has 3 aliphatic rings. The highest BCUT2D eigenvalue weighted by Crippen LogP contribution is 2.48. The summed E-state index contributed by atoms with van der Waals surface area (Å²) in [6.45, 7) is 3.57. The Hall–Kier alpha value is -1.63. The summed E-state index contributed by atoms with van der Waals surface area (Å²) in [7, 11) is 0. The maximum atomic E-state index is 12.3. The molecule has 1 saturated carbocycles. The van der Waals surface area contributed by atoms with Gasteiger partial charge in [-0.25, -0.2) is 9.89 Å². The number of carbonyl (C=O) groups is 1. The van der Waals surface area contributed by atoms with Crippen LogP contribution in [0, 0.1) is 23.7 Å². The highest BCUT2D eigenvalue weighted by atomic mass is 16.5. The van der Waals surface area contributed by atoms with Gasteiger partial charge in [0.1, 0.15) is 5.82 Å². The quantitative estimate of drug-likeness (QED) is 0.805. The summed E-state index contributed by atoms with van der Waals surface area (Å²) in [6, 6.07) is 0. The van der Waals surface area contributed by atoms with Crippen LogP contribution < -0.4 is 5.69 Å². The van der Waals surface area contributed by atoms with Crippen molar-refractivity contribution in [3.05, 3.63) is 16.3 Å². The van der Waals surface area contributed by atoms with Gasteiger partial charge in [0.15, 0.2) is 0 Å². The second-order valence-electron chi connectivity index (χ2n) is 6.54. The Kier molecular flexibility index (Phi) is 3.10. The number of ether oxygens (including phenoxy) is 1. The van der Waals surface area contributed by atoms with E-state index in [4.69, 9.17) is 4.74 Å². The summed E-state index contributed by atoms with van der Waals surface area (Å²) >= 11 is 0. The van der Waals surface area contributed by atoms with Crippen LogP contribution in [-0.2, 0) is 16.0 Å². The molecule has 3 heterocycles. The highest BCUT2D eigenvalue weighted by Gasteiger charge is 2.50. The van der Waals surface area contributed by atoms with Crippen LogP contribution in [0.1, 0.15) is 18.7 Å². The molecule has 7 heteroatoms. The van der Waals surface area contributed by atoms with Crippen molar-refractivity contribution in [1.29, 1.82) is 0 Å². The summed E-state index contributed by atoms with van der Waals surface area (Å²) in [4.78, 5) is 27.8. The monoisotopic (exact) mass is 292 g/mol. The van der Waals surface area contributed by atoms with Crippen molar-refractivity contribution < 1.29 is 9.53 Å². The second kappa shape index (κ2) is 4.98. The Labute approximate surface area is 122 Å². The Morgan fingerprint density at radius 1 is 1.29 bits per heavy atom. The zero-order valence-electron chi connectivity index (χ0n) is 11.9. The number of fused-ring (bicyclic) bond motifs is 3. The molecular formula is C14H20N4O3. The molecule has 2 N–H and O–H groups in total. The number of rotatable bonds is 3. The second-order valence-corrected chi connectivity index (χ2v) is 6.54. The fourth-order valence-electron chi connectivity index (χ4n) is 4.36. The van der Waals surface area contributed by atoms with Gasteiger partial charge in [0.2, 0.25) is 5.91 Å². The molecule has 7 nitrogen and oxygen atoms in total. The lowest BCUT2D eigenvalue weighted by Gasteiger charge is -2.20. The van der Waals surface area contributed by atoms with E-state index in [1.54, 1.807) is 0 Å². The number of aromatic nitrogens is 3. The predicted octanol–water partition coefficient (Wildman–Crippen LogP) is -0.228. The van der Waals surface area contributed by atoms with Crippen LogP contribution in [0.25, 0.3) is 0 Å². The van der Waals surface area contributed by atoms with E-state index in [0.717, 1.165) is 32.2 Å². The molecule has 114 valence electrons. The standard InChI is InChI=1S/C14H20N4O3/c19-13(2-1-12-15-14(20)17-16-12)18-4-8-3-9-6-21-7-11(9)10(8)5-18/h8-11H,1-7H2,(H2,15,16,17,20)/t8-,9+,10+,11-/m0/s1. The number of H-pyrrole nitrogens is 2.